The Bertz CT molecular complexity index is 1240. The molecule has 7 nitrogen and oxygen atoms in total. The van der Waals surface area contributed by atoms with Crippen LogP contribution in [0, 0.1) is 5.41 Å². The van der Waals surface area contributed by atoms with E-state index in [0.29, 0.717) is 27.6 Å². The van der Waals surface area contributed by atoms with Gasteiger partial charge in [-0.1, -0.05) is 60.1 Å². The molecule has 1 saturated heterocycles. The third-order valence-electron chi connectivity index (χ3n) is 6.16. The maximum Gasteiger partial charge on any atom is 0.330 e. The maximum absolute atomic E-state index is 13.8. The number of hydrogen-bond acceptors (Lipinski definition) is 7. The van der Waals surface area contributed by atoms with Crippen molar-refractivity contribution >= 4 is 35.3 Å². The molecule has 1 aliphatic heterocycles. The summed E-state index contributed by atoms with van der Waals surface area (Å²) in [4.78, 5) is 33.8. The molecular weight excluding hydrogens is 482 g/mol. The van der Waals surface area contributed by atoms with E-state index in [4.69, 9.17) is 30.6 Å². The molecule has 3 aromatic rings. The number of esters is 2. The molecule has 0 N–H and O–H groups in total. The van der Waals surface area contributed by atoms with Gasteiger partial charge in [0.1, 0.15) is 11.8 Å². The van der Waals surface area contributed by atoms with Crippen LogP contribution in [0.5, 0.6) is 5.75 Å². The zero-order chi connectivity index (χ0) is 25.7. The summed E-state index contributed by atoms with van der Waals surface area (Å²) < 4.78 is 16.0. The number of benzene rings is 3. The lowest BCUT2D eigenvalue weighted by Crippen LogP contribution is -2.57. The van der Waals surface area contributed by atoms with E-state index < -0.39 is 23.4 Å². The Hall–Kier alpha value is -3.81. The van der Waals surface area contributed by atoms with E-state index in [1.807, 2.05) is 30.3 Å². The van der Waals surface area contributed by atoms with Crippen LogP contribution >= 0.6 is 11.6 Å². The van der Waals surface area contributed by atoms with E-state index >= 15 is 0 Å². The first-order valence-corrected chi connectivity index (χ1v) is 11.6. The summed E-state index contributed by atoms with van der Waals surface area (Å²) in [6, 6.07) is 22.4. The number of anilines is 1. The molecule has 1 atom stereocenters. The number of nitrogens with zero attached hydrogens (tertiary/aromatic N) is 1. The smallest absolute Gasteiger partial charge is 0.330 e. The molecule has 0 aromatic heterocycles. The van der Waals surface area contributed by atoms with Crippen LogP contribution in [0.1, 0.15) is 17.2 Å². The van der Waals surface area contributed by atoms with Crippen molar-refractivity contribution in [1.82, 2.24) is 0 Å². The fourth-order valence-electron chi connectivity index (χ4n) is 4.48. The summed E-state index contributed by atoms with van der Waals surface area (Å²) in [5, 5.41) is 2.06. The Kier molecular flexibility index (Phi) is 7.62. The summed E-state index contributed by atoms with van der Waals surface area (Å²) in [5.41, 5.74) is 0.453. The van der Waals surface area contributed by atoms with E-state index in [1.54, 1.807) is 61.7 Å². The molecule has 0 bridgehead atoms. The van der Waals surface area contributed by atoms with Crippen LogP contribution in [0.2, 0.25) is 5.02 Å². The minimum Gasteiger partial charge on any atom is -0.497 e. The van der Waals surface area contributed by atoms with E-state index in [0.717, 1.165) is 5.56 Å². The van der Waals surface area contributed by atoms with Gasteiger partial charge in [0.2, 0.25) is 5.41 Å². The fourth-order valence-corrected chi connectivity index (χ4v) is 4.61. The first-order chi connectivity index (χ1) is 17.4. The van der Waals surface area contributed by atoms with Gasteiger partial charge in [-0.2, -0.15) is 0 Å². The number of hydrogen-bond donors (Lipinski definition) is 0. The van der Waals surface area contributed by atoms with E-state index in [-0.39, 0.29) is 6.61 Å². The second-order valence-electron chi connectivity index (χ2n) is 8.13. The molecule has 3 aromatic carbocycles. The highest BCUT2D eigenvalue weighted by molar-refractivity contribution is 6.30. The van der Waals surface area contributed by atoms with Crippen molar-refractivity contribution in [3.63, 3.8) is 0 Å². The number of carbonyl (C=O) groups excluding carboxylic acids is 2. The van der Waals surface area contributed by atoms with Crippen LogP contribution in [-0.2, 0) is 23.9 Å². The first kappa shape index (κ1) is 25.3. The van der Waals surface area contributed by atoms with Gasteiger partial charge in [-0.3, -0.25) is 14.4 Å². The molecule has 1 fully saturated rings. The summed E-state index contributed by atoms with van der Waals surface area (Å²) in [6.45, 7) is -0.0673. The molecule has 1 aliphatic rings. The molecule has 36 heavy (non-hydrogen) atoms. The van der Waals surface area contributed by atoms with Gasteiger partial charge in [-0.05, 0) is 53.1 Å². The van der Waals surface area contributed by atoms with E-state index in [2.05, 4.69) is 0 Å². The average molecular weight is 508 g/mol. The molecule has 0 amide bonds. The lowest BCUT2D eigenvalue weighted by molar-refractivity contribution is -0.173. The minimum atomic E-state index is -1.90. The summed E-state index contributed by atoms with van der Waals surface area (Å²) in [5.74, 6) is -0.996. The quantitative estimate of drug-likeness (QED) is 0.333. The molecule has 186 valence electrons. The number of methoxy groups -OCH3 is 3. The van der Waals surface area contributed by atoms with Gasteiger partial charge < -0.3 is 14.2 Å². The Morgan fingerprint density at radius 1 is 0.944 bits per heavy atom. The third-order valence-corrected chi connectivity index (χ3v) is 6.41. The van der Waals surface area contributed by atoms with Crippen molar-refractivity contribution in [1.29, 1.82) is 0 Å². The van der Waals surface area contributed by atoms with Gasteiger partial charge in [0, 0.05) is 5.02 Å². The summed E-state index contributed by atoms with van der Waals surface area (Å²) in [7, 11) is 4.04. The lowest BCUT2D eigenvalue weighted by atomic mass is 9.69. The summed E-state index contributed by atoms with van der Waals surface area (Å²) >= 11 is 6.13. The number of halogens is 1. The predicted molar refractivity (Wildman–Crippen MR) is 137 cm³/mol. The Morgan fingerprint density at radius 2 is 1.61 bits per heavy atom. The van der Waals surface area contributed by atoms with Crippen LogP contribution in [-0.4, -0.2) is 39.9 Å². The molecule has 4 rings (SSSR count). The fraction of sp³-hybridized carbons (Fsp3) is 0.214. The normalized spacial score (nSPS) is 17.9. The number of carbonyl (C=O) groups is 2. The highest BCUT2D eigenvalue weighted by Gasteiger charge is 2.62. The van der Waals surface area contributed by atoms with E-state index in [9.17, 15) is 9.59 Å². The van der Waals surface area contributed by atoms with E-state index in [1.165, 1.54) is 19.3 Å². The largest absolute Gasteiger partial charge is 0.497 e. The minimum absolute atomic E-state index is 0.0673. The maximum atomic E-state index is 13.8. The Balaban J connectivity index is 2.04. The van der Waals surface area contributed by atoms with Crippen molar-refractivity contribution < 1.29 is 28.6 Å². The Morgan fingerprint density at radius 3 is 2.22 bits per heavy atom. The average Bonchev–Trinajstić information content (AvgIpc) is 2.93. The van der Waals surface area contributed by atoms with Gasteiger partial charge >= 0.3 is 11.9 Å². The van der Waals surface area contributed by atoms with Crippen LogP contribution in [0.25, 0.3) is 6.08 Å². The van der Waals surface area contributed by atoms with Crippen molar-refractivity contribution in [2.24, 2.45) is 5.41 Å². The van der Waals surface area contributed by atoms with Gasteiger partial charge in [-0.25, -0.2) is 5.06 Å². The van der Waals surface area contributed by atoms with Crippen molar-refractivity contribution in [3.8, 4) is 5.75 Å². The van der Waals surface area contributed by atoms with Crippen LogP contribution in [0.4, 0.5) is 5.69 Å². The zero-order valence-electron chi connectivity index (χ0n) is 20.1. The van der Waals surface area contributed by atoms with Crippen molar-refractivity contribution in [3.05, 3.63) is 101 Å². The summed E-state index contributed by atoms with van der Waals surface area (Å²) in [6.07, 6.45) is 1.76. The SMILES string of the molecule is COC(=O)C1(C(=O)OC)/C(=C/c2ccccc2)CON(c2ccc(Cl)cc2)C1c1cccc(OC)c1. The Labute approximate surface area is 214 Å². The van der Waals surface area contributed by atoms with Crippen LogP contribution in [0.15, 0.2) is 84.4 Å². The van der Waals surface area contributed by atoms with Crippen molar-refractivity contribution in [2.45, 2.75) is 6.04 Å². The number of rotatable bonds is 6. The molecule has 0 spiro atoms. The van der Waals surface area contributed by atoms with Gasteiger partial charge in [0.15, 0.2) is 0 Å². The predicted octanol–water partition coefficient (Wildman–Crippen LogP) is 5.26. The van der Waals surface area contributed by atoms with Crippen LogP contribution < -0.4 is 9.80 Å². The zero-order valence-corrected chi connectivity index (χ0v) is 20.9. The lowest BCUT2D eigenvalue weighted by Gasteiger charge is -2.47. The molecule has 1 heterocycles. The highest BCUT2D eigenvalue weighted by Crippen LogP contribution is 2.52. The second-order valence-corrected chi connectivity index (χ2v) is 8.56. The molecule has 8 heteroatoms. The van der Waals surface area contributed by atoms with Crippen LogP contribution in [0.3, 0.4) is 0 Å². The second kappa shape index (κ2) is 10.8. The molecular formula is C28H26ClNO6. The molecule has 0 radical (unpaired) electrons. The highest BCUT2D eigenvalue weighted by atomic mass is 35.5. The molecule has 0 aliphatic carbocycles. The van der Waals surface area contributed by atoms with Gasteiger partial charge in [0.05, 0.1) is 33.6 Å². The number of ether oxygens (including phenoxy) is 3. The third kappa shape index (κ3) is 4.55. The topological polar surface area (TPSA) is 74.3 Å². The first-order valence-electron chi connectivity index (χ1n) is 11.2. The molecule has 1 unspecified atom stereocenters. The van der Waals surface area contributed by atoms with Crippen molar-refractivity contribution in [2.75, 3.05) is 33.0 Å². The standard InChI is InChI=1S/C28H26ClNO6/c1-33-24-11-7-10-20(17-24)25-28(26(31)34-2,27(32)35-3)21(16-19-8-5-4-6-9-19)18-36-30(25)23-14-12-22(29)13-15-23/h4-17,25H,18H2,1-3H3/b21-16+. The van der Waals surface area contributed by atoms with Gasteiger partial charge in [-0.15, -0.1) is 0 Å². The monoisotopic (exact) mass is 507 g/mol. The molecule has 0 saturated carbocycles. The number of hydroxylamine groups is 1. The van der Waals surface area contributed by atoms with Gasteiger partial charge in [0.25, 0.3) is 0 Å².